The highest BCUT2D eigenvalue weighted by molar-refractivity contribution is 5.95. The van der Waals surface area contributed by atoms with Gasteiger partial charge in [-0.3, -0.25) is 14.4 Å². The van der Waals surface area contributed by atoms with Crippen molar-refractivity contribution in [3.8, 4) is 0 Å². The van der Waals surface area contributed by atoms with E-state index >= 15 is 0 Å². The predicted molar refractivity (Wildman–Crippen MR) is 113 cm³/mol. The van der Waals surface area contributed by atoms with Crippen LogP contribution in [0.5, 0.6) is 0 Å². The number of carbonyl (C=O) groups excluding carboxylic acids is 3. The van der Waals surface area contributed by atoms with Crippen LogP contribution in [-0.2, 0) is 27.3 Å². The van der Waals surface area contributed by atoms with Gasteiger partial charge in [0, 0.05) is 26.2 Å². The Labute approximate surface area is 181 Å². The van der Waals surface area contributed by atoms with E-state index in [2.05, 4.69) is 0 Å². The van der Waals surface area contributed by atoms with E-state index in [4.69, 9.17) is 0 Å². The largest absolute Gasteiger partial charge is 0.341 e. The van der Waals surface area contributed by atoms with E-state index in [1.807, 2.05) is 31.2 Å². The fourth-order valence-electron chi connectivity index (χ4n) is 4.38. The third-order valence-corrected chi connectivity index (χ3v) is 5.96. The molecule has 2 heterocycles. The van der Waals surface area contributed by atoms with Crippen LogP contribution in [0.3, 0.4) is 0 Å². The quantitative estimate of drug-likeness (QED) is 0.757. The molecular weight excluding hydrogens is 397 g/mol. The van der Waals surface area contributed by atoms with Gasteiger partial charge in [0.25, 0.3) is 0 Å². The Morgan fingerprint density at radius 1 is 1.03 bits per heavy atom. The van der Waals surface area contributed by atoms with Crippen LogP contribution in [0.15, 0.2) is 48.5 Å². The van der Waals surface area contributed by atoms with Crippen LogP contribution in [0.2, 0.25) is 0 Å². The molecule has 3 amide bonds. The lowest BCUT2D eigenvalue weighted by Gasteiger charge is -2.39. The average Bonchev–Trinajstić information content (AvgIpc) is 2.96. The zero-order valence-corrected chi connectivity index (χ0v) is 17.6. The van der Waals surface area contributed by atoms with Gasteiger partial charge in [0.1, 0.15) is 18.4 Å². The zero-order valence-electron chi connectivity index (χ0n) is 17.6. The summed E-state index contributed by atoms with van der Waals surface area (Å²) in [5.41, 5.74) is 2.71. The lowest BCUT2D eigenvalue weighted by atomic mass is 10.1. The summed E-state index contributed by atoms with van der Waals surface area (Å²) >= 11 is 0. The smallest absolute Gasteiger partial charge is 0.246 e. The summed E-state index contributed by atoms with van der Waals surface area (Å²) in [6.07, 6.45) is 0.712. The lowest BCUT2D eigenvalue weighted by molar-refractivity contribution is -0.156. The van der Waals surface area contributed by atoms with Crippen molar-refractivity contribution in [1.29, 1.82) is 0 Å². The van der Waals surface area contributed by atoms with Crippen molar-refractivity contribution in [2.45, 2.75) is 32.4 Å². The number of nitrogens with zero attached hydrogens (tertiary/aromatic N) is 3. The molecule has 2 aromatic carbocycles. The second kappa shape index (κ2) is 8.88. The Hall–Kier alpha value is -3.22. The van der Waals surface area contributed by atoms with Gasteiger partial charge in [-0.1, -0.05) is 42.0 Å². The monoisotopic (exact) mass is 423 g/mol. The minimum absolute atomic E-state index is 0.00182. The van der Waals surface area contributed by atoms with Crippen molar-refractivity contribution in [2.24, 2.45) is 0 Å². The van der Waals surface area contributed by atoms with Crippen molar-refractivity contribution in [3.63, 3.8) is 0 Å². The fourth-order valence-corrected chi connectivity index (χ4v) is 4.38. The zero-order chi connectivity index (χ0) is 22.0. The summed E-state index contributed by atoms with van der Waals surface area (Å²) in [5.74, 6) is -0.639. The molecule has 2 aliphatic heterocycles. The maximum Gasteiger partial charge on any atom is 0.246 e. The van der Waals surface area contributed by atoms with Crippen molar-refractivity contribution in [3.05, 3.63) is 71.0 Å². The number of rotatable bonds is 4. The van der Waals surface area contributed by atoms with Gasteiger partial charge < -0.3 is 14.7 Å². The van der Waals surface area contributed by atoms with Crippen LogP contribution in [0.25, 0.3) is 0 Å². The van der Waals surface area contributed by atoms with Crippen LogP contribution >= 0.6 is 0 Å². The predicted octanol–water partition coefficient (Wildman–Crippen LogP) is 2.15. The van der Waals surface area contributed by atoms with E-state index in [0.29, 0.717) is 38.0 Å². The first kappa shape index (κ1) is 21.0. The highest BCUT2D eigenvalue weighted by atomic mass is 19.1. The van der Waals surface area contributed by atoms with Gasteiger partial charge in [-0.25, -0.2) is 4.39 Å². The summed E-state index contributed by atoms with van der Waals surface area (Å²) in [6, 6.07) is 13.3. The molecule has 0 radical (unpaired) electrons. The number of piperazine rings is 1. The van der Waals surface area contributed by atoms with Gasteiger partial charge in [0.15, 0.2) is 0 Å². The third-order valence-electron chi connectivity index (χ3n) is 5.96. The second-order valence-corrected chi connectivity index (χ2v) is 8.26. The molecule has 162 valence electrons. The third kappa shape index (κ3) is 4.76. The number of amides is 3. The molecule has 0 spiro atoms. The van der Waals surface area contributed by atoms with Gasteiger partial charge in [-0.15, -0.1) is 0 Å². The fraction of sp³-hybridized carbons (Fsp3) is 0.375. The summed E-state index contributed by atoms with van der Waals surface area (Å²) in [5, 5.41) is 0. The first-order valence-electron chi connectivity index (χ1n) is 10.6. The molecule has 2 aliphatic rings. The van der Waals surface area contributed by atoms with Gasteiger partial charge in [-0.2, -0.15) is 0 Å². The minimum atomic E-state index is -0.577. The van der Waals surface area contributed by atoms with E-state index < -0.39 is 6.04 Å². The SMILES string of the molecule is Cc1cccc(CC(=O)N2CCC3C(=O)N(Cc4cccc(F)c4)CC(=O)N3CC2)c1. The molecule has 2 saturated heterocycles. The summed E-state index contributed by atoms with van der Waals surface area (Å²) in [6.45, 7) is 3.36. The molecule has 0 N–H and O–H groups in total. The molecule has 2 aromatic rings. The van der Waals surface area contributed by atoms with Gasteiger partial charge in [-0.05, 0) is 36.6 Å². The summed E-state index contributed by atoms with van der Waals surface area (Å²) in [4.78, 5) is 43.5. The molecule has 7 heteroatoms. The van der Waals surface area contributed by atoms with E-state index in [0.717, 1.165) is 11.1 Å². The van der Waals surface area contributed by atoms with Crippen LogP contribution in [0, 0.1) is 12.7 Å². The first-order valence-corrected chi connectivity index (χ1v) is 10.6. The Morgan fingerprint density at radius 2 is 1.81 bits per heavy atom. The maximum absolute atomic E-state index is 13.5. The molecule has 6 nitrogen and oxygen atoms in total. The molecular formula is C24H26FN3O3. The van der Waals surface area contributed by atoms with E-state index in [-0.39, 0.29) is 36.6 Å². The molecule has 2 fully saturated rings. The molecule has 0 saturated carbocycles. The number of benzene rings is 2. The lowest BCUT2D eigenvalue weighted by Crippen LogP contribution is -2.59. The number of aryl methyl sites for hydroxylation is 1. The van der Waals surface area contributed by atoms with Gasteiger partial charge in [0.2, 0.25) is 17.7 Å². The standard InChI is InChI=1S/C24H26FN3O3/c1-17-4-2-5-18(12-17)14-22(29)26-9-8-21-24(31)27(16-23(30)28(21)11-10-26)15-19-6-3-7-20(25)13-19/h2-7,12-13,21H,8-11,14-16H2,1H3. The van der Waals surface area contributed by atoms with Crippen molar-refractivity contribution < 1.29 is 18.8 Å². The molecule has 0 aromatic heterocycles. The molecule has 1 atom stereocenters. The Balaban J connectivity index is 1.43. The summed E-state index contributed by atoms with van der Waals surface area (Å²) < 4.78 is 13.5. The Bertz CT molecular complexity index is 1010. The van der Waals surface area contributed by atoms with Crippen LogP contribution in [0.1, 0.15) is 23.1 Å². The molecule has 31 heavy (non-hydrogen) atoms. The highest BCUT2D eigenvalue weighted by Crippen LogP contribution is 2.21. The number of hydrogen-bond acceptors (Lipinski definition) is 3. The molecule has 4 rings (SSSR count). The van der Waals surface area contributed by atoms with Crippen LogP contribution in [0.4, 0.5) is 4.39 Å². The first-order chi connectivity index (χ1) is 14.9. The van der Waals surface area contributed by atoms with Gasteiger partial charge in [0.05, 0.1) is 6.42 Å². The average molecular weight is 423 g/mol. The minimum Gasteiger partial charge on any atom is -0.341 e. The van der Waals surface area contributed by atoms with E-state index in [1.165, 1.54) is 17.0 Å². The van der Waals surface area contributed by atoms with E-state index in [9.17, 15) is 18.8 Å². The van der Waals surface area contributed by atoms with Crippen molar-refractivity contribution in [2.75, 3.05) is 26.2 Å². The summed E-state index contributed by atoms with van der Waals surface area (Å²) in [7, 11) is 0. The highest BCUT2D eigenvalue weighted by Gasteiger charge is 2.41. The number of halogens is 1. The normalized spacial score (nSPS) is 19.3. The number of carbonyl (C=O) groups is 3. The Morgan fingerprint density at radius 3 is 2.58 bits per heavy atom. The van der Waals surface area contributed by atoms with Gasteiger partial charge >= 0.3 is 0 Å². The van der Waals surface area contributed by atoms with Crippen LogP contribution in [-0.4, -0.2) is 64.6 Å². The van der Waals surface area contributed by atoms with Crippen LogP contribution < -0.4 is 0 Å². The second-order valence-electron chi connectivity index (χ2n) is 8.26. The topological polar surface area (TPSA) is 60.9 Å². The van der Waals surface area contributed by atoms with Crippen molar-refractivity contribution >= 4 is 17.7 Å². The molecule has 0 bridgehead atoms. The maximum atomic E-state index is 13.5. The number of hydrogen-bond donors (Lipinski definition) is 0. The van der Waals surface area contributed by atoms with Crippen molar-refractivity contribution in [1.82, 2.24) is 14.7 Å². The molecule has 1 unspecified atom stereocenters. The molecule has 0 aliphatic carbocycles. The Kier molecular flexibility index (Phi) is 6.02. The van der Waals surface area contributed by atoms with E-state index in [1.54, 1.807) is 21.9 Å². The number of fused-ring (bicyclic) bond motifs is 1.